The number of pyridine rings is 1. The highest BCUT2D eigenvalue weighted by Crippen LogP contribution is 2.50. The van der Waals surface area contributed by atoms with Crippen LogP contribution < -0.4 is 5.32 Å². The quantitative estimate of drug-likeness (QED) is 0.852. The van der Waals surface area contributed by atoms with E-state index in [0.717, 1.165) is 22.7 Å². The molecular formula is C11H21N3OS. The first-order valence-electron chi connectivity index (χ1n) is 5.28. The Bertz CT molecular complexity index is 366. The molecule has 0 aliphatic heterocycles. The fourth-order valence-corrected chi connectivity index (χ4v) is 2.44. The summed E-state index contributed by atoms with van der Waals surface area (Å²) >= 11 is 0. The van der Waals surface area contributed by atoms with E-state index in [1.54, 1.807) is 6.20 Å². The Morgan fingerprint density at radius 2 is 2.12 bits per heavy atom. The zero-order valence-electron chi connectivity index (χ0n) is 10.6. The summed E-state index contributed by atoms with van der Waals surface area (Å²) in [6.07, 6.45) is 4.50. The number of nitrogens with zero attached hydrogens (tertiary/aromatic N) is 2. The van der Waals surface area contributed by atoms with Crippen LogP contribution in [0.2, 0.25) is 0 Å². The fourth-order valence-electron chi connectivity index (χ4n) is 1.41. The average Bonchev–Trinajstić information content (AvgIpc) is 2.27. The second-order valence-electron chi connectivity index (χ2n) is 3.93. The van der Waals surface area contributed by atoms with Crippen LogP contribution >= 0.6 is 10.5 Å². The molecule has 1 aromatic rings. The zero-order chi connectivity index (χ0) is 12.3. The van der Waals surface area contributed by atoms with Crippen LogP contribution in [0, 0.1) is 0 Å². The van der Waals surface area contributed by atoms with Crippen LogP contribution in [0.1, 0.15) is 12.5 Å². The van der Waals surface area contributed by atoms with Gasteiger partial charge < -0.3 is 9.87 Å². The van der Waals surface area contributed by atoms with E-state index in [0.29, 0.717) is 0 Å². The molecule has 0 radical (unpaired) electrons. The summed E-state index contributed by atoms with van der Waals surface area (Å²) in [6.45, 7) is 2.08. The normalized spacial score (nSPS) is 16.9. The highest BCUT2D eigenvalue weighted by atomic mass is 32.3. The Morgan fingerprint density at radius 1 is 1.50 bits per heavy atom. The van der Waals surface area contributed by atoms with Gasteiger partial charge in [-0.05, 0) is 32.1 Å². The minimum atomic E-state index is -1.89. The van der Waals surface area contributed by atoms with Gasteiger partial charge >= 0.3 is 0 Å². The van der Waals surface area contributed by atoms with Gasteiger partial charge in [-0.25, -0.2) is 4.98 Å². The SMILES string of the molecule is CCc1cc(S(C)(O)N(C)C)cnc1NC. The van der Waals surface area contributed by atoms with E-state index in [9.17, 15) is 4.55 Å². The molecule has 0 aliphatic carbocycles. The summed E-state index contributed by atoms with van der Waals surface area (Å²) in [7, 11) is 3.73. The summed E-state index contributed by atoms with van der Waals surface area (Å²) in [5.41, 5.74) is 1.13. The van der Waals surface area contributed by atoms with E-state index in [-0.39, 0.29) is 0 Å². The maximum atomic E-state index is 10.4. The molecule has 1 unspecified atom stereocenters. The highest BCUT2D eigenvalue weighted by molar-refractivity contribution is 8.26. The molecule has 92 valence electrons. The van der Waals surface area contributed by atoms with Gasteiger partial charge in [0.2, 0.25) is 0 Å². The Hall–Kier alpha value is -0.780. The van der Waals surface area contributed by atoms with Crippen LogP contribution in [0.4, 0.5) is 5.82 Å². The average molecular weight is 243 g/mol. The maximum absolute atomic E-state index is 10.4. The smallest absolute Gasteiger partial charge is 0.128 e. The second kappa shape index (κ2) is 5.03. The standard InChI is InChI=1S/C11H21N3OS/c1-6-9-7-10(8-13-11(9)12-2)16(5,15)14(3)4/h7-8,15H,6H2,1-5H3,(H,12,13). The number of hydrogen-bond acceptors (Lipinski definition) is 4. The van der Waals surface area contributed by atoms with Crippen molar-refractivity contribution in [3.8, 4) is 0 Å². The van der Waals surface area contributed by atoms with Crippen LogP contribution in [0.15, 0.2) is 17.2 Å². The molecule has 1 atom stereocenters. The van der Waals surface area contributed by atoms with Gasteiger partial charge in [-0.2, -0.15) is 0 Å². The molecule has 16 heavy (non-hydrogen) atoms. The third-order valence-corrected chi connectivity index (χ3v) is 5.26. The van der Waals surface area contributed by atoms with Gasteiger partial charge in [0.1, 0.15) is 5.82 Å². The molecule has 0 aromatic carbocycles. The summed E-state index contributed by atoms with van der Waals surface area (Å²) < 4.78 is 12.2. The molecule has 0 saturated carbocycles. The first-order chi connectivity index (χ1) is 7.43. The van der Waals surface area contributed by atoms with Crippen molar-refractivity contribution in [3.63, 3.8) is 0 Å². The molecule has 0 fully saturated rings. The molecule has 0 aliphatic rings. The Morgan fingerprint density at radius 3 is 2.56 bits per heavy atom. The summed E-state index contributed by atoms with van der Waals surface area (Å²) in [5.74, 6) is 0.889. The third-order valence-electron chi connectivity index (χ3n) is 2.72. The van der Waals surface area contributed by atoms with Crippen LogP contribution in [0.25, 0.3) is 0 Å². The highest BCUT2D eigenvalue weighted by Gasteiger charge is 2.21. The molecule has 5 heteroatoms. The van der Waals surface area contributed by atoms with Gasteiger partial charge in [0.05, 0.1) is 0 Å². The van der Waals surface area contributed by atoms with Crippen molar-refractivity contribution in [1.82, 2.24) is 9.29 Å². The number of anilines is 1. The van der Waals surface area contributed by atoms with Crippen molar-refractivity contribution in [2.45, 2.75) is 18.2 Å². The van der Waals surface area contributed by atoms with Crippen molar-refractivity contribution < 1.29 is 4.55 Å². The van der Waals surface area contributed by atoms with Gasteiger partial charge in [0, 0.05) is 24.4 Å². The van der Waals surface area contributed by atoms with Gasteiger partial charge in [-0.15, -0.1) is 0 Å². The van der Waals surface area contributed by atoms with Crippen LogP contribution in [-0.4, -0.2) is 41.2 Å². The van der Waals surface area contributed by atoms with Crippen molar-refractivity contribution in [3.05, 3.63) is 17.8 Å². The molecule has 1 aromatic heterocycles. The summed E-state index contributed by atoms with van der Waals surface area (Å²) in [5, 5.41) is 3.06. The lowest BCUT2D eigenvalue weighted by Crippen LogP contribution is -2.18. The van der Waals surface area contributed by atoms with Gasteiger partial charge in [0.15, 0.2) is 0 Å². The predicted molar refractivity (Wildman–Crippen MR) is 71.3 cm³/mol. The Balaban J connectivity index is 3.17. The van der Waals surface area contributed by atoms with Crippen LogP contribution in [-0.2, 0) is 6.42 Å². The van der Waals surface area contributed by atoms with Crippen molar-refractivity contribution in [2.24, 2.45) is 0 Å². The lowest BCUT2D eigenvalue weighted by atomic mass is 10.2. The Kier molecular flexibility index (Phi) is 4.18. The van der Waals surface area contributed by atoms with Crippen molar-refractivity contribution in [1.29, 1.82) is 0 Å². The molecule has 0 spiro atoms. The molecule has 4 nitrogen and oxygen atoms in total. The van der Waals surface area contributed by atoms with Crippen molar-refractivity contribution >= 4 is 16.3 Å². The van der Waals surface area contributed by atoms with E-state index < -0.39 is 10.5 Å². The molecule has 0 bridgehead atoms. The molecule has 1 heterocycles. The number of hydrogen-bond donors (Lipinski definition) is 2. The van der Waals surface area contributed by atoms with Crippen LogP contribution in [0.5, 0.6) is 0 Å². The largest absolute Gasteiger partial charge is 0.373 e. The van der Waals surface area contributed by atoms with Crippen molar-refractivity contribution in [2.75, 3.05) is 32.7 Å². The van der Waals surface area contributed by atoms with E-state index >= 15 is 0 Å². The van der Waals surface area contributed by atoms with E-state index in [4.69, 9.17) is 0 Å². The minimum Gasteiger partial charge on any atom is -0.373 e. The number of rotatable bonds is 4. The first-order valence-corrected chi connectivity index (χ1v) is 7.24. The monoisotopic (exact) mass is 243 g/mol. The lowest BCUT2D eigenvalue weighted by molar-refractivity contribution is 0.537. The fraction of sp³-hybridized carbons (Fsp3) is 0.545. The van der Waals surface area contributed by atoms with E-state index in [1.165, 1.54) is 0 Å². The molecule has 0 amide bonds. The van der Waals surface area contributed by atoms with E-state index in [2.05, 4.69) is 17.2 Å². The predicted octanol–water partition coefficient (Wildman–Crippen LogP) is 2.43. The third kappa shape index (κ3) is 2.48. The summed E-state index contributed by atoms with van der Waals surface area (Å²) in [6, 6.07) is 2.04. The minimum absolute atomic E-state index is 0.889. The molecule has 1 rings (SSSR count). The first kappa shape index (κ1) is 13.3. The maximum Gasteiger partial charge on any atom is 0.128 e. The number of aromatic nitrogens is 1. The Labute approximate surface area is 99.3 Å². The van der Waals surface area contributed by atoms with Gasteiger partial charge in [-0.3, -0.25) is 4.31 Å². The van der Waals surface area contributed by atoms with E-state index in [1.807, 2.05) is 37.8 Å². The summed E-state index contributed by atoms with van der Waals surface area (Å²) in [4.78, 5) is 5.24. The van der Waals surface area contributed by atoms with Gasteiger partial charge in [-0.1, -0.05) is 17.4 Å². The second-order valence-corrected chi connectivity index (χ2v) is 6.80. The molecular weight excluding hydrogens is 222 g/mol. The molecule has 0 saturated heterocycles. The zero-order valence-corrected chi connectivity index (χ0v) is 11.4. The molecule has 2 N–H and O–H groups in total. The lowest BCUT2D eigenvalue weighted by Gasteiger charge is -2.36. The topological polar surface area (TPSA) is 48.4 Å². The van der Waals surface area contributed by atoms with Crippen LogP contribution in [0.3, 0.4) is 0 Å². The number of aryl methyl sites for hydroxylation is 1. The van der Waals surface area contributed by atoms with Gasteiger partial charge in [0.25, 0.3) is 0 Å². The number of nitrogens with one attached hydrogen (secondary N) is 1.